The van der Waals surface area contributed by atoms with E-state index in [1.165, 1.54) is 17.0 Å². The van der Waals surface area contributed by atoms with Crippen molar-refractivity contribution in [1.29, 1.82) is 0 Å². The zero-order valence-corrected chi connectivity index (χ0v) is 23.0. The van der Waals surface area contributed by atoms with E-state index in [9.17, 15) is 18.0 Å². The number of sulfonamides is 1. The molecule has 2 amide bonds. The summed E-state index contributed by atoms with van der Waals surface area (Å²) in [6, 6.07) is 11.0. The fraction of sp³-hybridized carbons (Fsp3) is 0.417. The van der Waals surface area contributed by atoms with Crippen LogP contribution in [-0.4, -0.2) is 50.5 Å². The van der Waals surface area contributed by atoms with Gasteiger partial charge in [-0.3, -0.25) is 13.9 Å². The standard InChI is InChI=1S/C24H30Cl3N3O4S/c1-4-6-12-28-24(32)21(5-2)29(15-17-10-8-7-9-11-17)23(31)16-30(35(3,33)34)22-14-19(26)18(25)13-20(22)27/h7-11,13-14,21H,4-6,12,15-16H2,1-3H3,(H,28,32)/t21-/m0/s1. The van der Waals surface area contributed by atoms with Crippen LogP contribution in [-0.2, 0) is 26.2 Å². The number of rotatable bonds is 12. The maximum atomic E-state index is 13.6. The minimum absolute atomic E-state index is 0.0246. The maximum absolute atomic E-state index is 13.6. The van der Waals surface area contributed by atoms with Gasteiger partial charge in [-0.05, 0) is 30.5 Å². The van der Waals surface area contributed by atoms with Crippen molar-refractivity contribution in [3.05, 3.63) is 63.1 Å². The number of halogens is 3. The van der Waals surface area contributed by atoms with Crippen LogP contribution in [0.2, 0.25) is 15.1 Å². The first-order chi connectivity index (χ1) is 16.5. The van der Waals surface area contributed by atoms with Gasteiger partial charge in [-0.1, -0.05) is 85.4 Å². The lowest BCUT2D eigenvalue weighted by atomic mass is 10.1. The van der Waals surface area contributed by atoms with Gasteiger partial charge in [0.1, 0.15) is 12.6 Å². The molecule has 1 N–H and O–H groups in total. The summed E-state index contributed by atoms with van der Waals surface area (Å²) in [5, 5.41) is 3.15. The molecule has 0 unspecified atom stereocenters. The number of amides is 2. The van der Waals surface area contributed by atoms with Crippen LogP contribution in [0.4, 0.5) is 5.69 Å². The predicted molar refractivity (Wildman–Crippen MR) is 143 cm³/mol. The minimum atomic E-state index is -3.94. The molecule has 0 aliphatic rings. The van der Waals surface area contributed by atoms with E-state index in [4.69, 9.17) is 34.8 Å². The van der Waals surface area contributed by atoms with Gasteiger partial charge in [0.2, 0.25) is 21.8 Å². The second kappa shape index (κ2) is 13.3. The molecule has 0 spiro atoms. The van der Waals surface area contributed by atoms with Crippen molar-refractivity contribution >= 4 is 62.3 Å². The summed E-state index contributed by atoms with van der Waals surface area (Å²) >= 11 is 18.4. The molecule has 0 saturated carbocycles. The third kappa shape index (κ3) is 8.27. The Labute approximate surface area is 222 Å². The van der Waals surface area contributed by atoms with Crippen LogP contribution in [0.25, 0.3) is 0 Å². The van der Waals surface area contributed by atoms with Crippen molar-refractivity contribution in [2.45, 2.75) is 45.7 Å². The van der Waals surface area contributed by atoms with E-state index < -0.39 is 28.5 Å². The molecule has 2 aromatic rings. The van der Waals surface area contributed by atoms with Crippen molar-refractivity contribution in [2.24, 2.45) is 0 Å². The number of hydrogen-bond donors (Lipinski definition) is 1. The Morgan fingerprint density at radius 2 is 1.63 bits per heavy atom. The Hall–Kier alpha value is -2.00. The van der Waals surface area contributed by atoms with Crippen molar-refractivity contribution in [3.8, 4) is 0 Å². The van der Waals surface area contributed by atoms with Crippen molar-refractivity contribution in [3.63, 3.8) is 0 Å². The number of nitrogens with one attached hydrogen (secondary N) is 1. The quantitative estimate of drug-likeness (QED) is 0.287. The zero-order chi connectivity index (χ0) is 26.2. The van der Waals surface area contributed by atoms with Crippen LogP contribution in [0.1, 0.15) is 38.7 Å². The minimum Gasteiger partial charge on any atom is -0.354 e. The van der Waals surface area contributed by atoms with Gasteiger partial charge in [0, 0.05) is 13.1 Å². The van der Waals surface area contributed by atoms with Crippen LogP contribution in [0.3, 0.4) is 0 Å². The molecule has 0 aliphatic carbocycles. The molecular weight excluding hydrogens is 533 g/mol. The Morgan fingerprint density at radius 3 is 2.20 bits per heavy atom. The average Bonchev–Trinajstić information content (AvgIpc) is 2.80. The van der Waals surface area contributed by atoms with Gasteiger partial charge >= 0.3 is 0 Å². The molecular formula is C24H30Cl3N3O4S. The number of carbonyl (C=O) groups excluding carboxylic acids is 2. The number of nitrogens with zero attached hydrogens (tertiary/aromatic N) is 2. The van der Waals surface area contributed by atoms with E-state index in [-0.39, 0.29) is 33.2 Å². The van der Waals surface area contributed by atoms with Crippen molar-refractivity contribution in [2.75, 3.05) is 23.7 Å². The Balaban J connectivity index is 2.44. The molecule has 192 valence electrons. The monoisotopic (exact) mass is 561 g/mol. The van der Waals surface area contributed by atoms with Gasteiger partial charge in [0.25, 0.3) is 0 Å². The van der Waals surface area contributed by atoms with Crippen LogP contribution in [0.5, 0.6) is 0 Å². The molecule has 2 aromatic carbocycles. The van der Waals surface area contributed by atoms with E-state index in [0.29, 0.717) is 13.0 Å². The Bertz CT molecular complexity index is 1130. The maximum Gasteiger partial charge on any atom is 0.244 e. The fourth-order valence-corrected chi connectivity index (χ4v) is 5.05. The summed E-state index contributed by atoms with van der Waals surface area (Å²) < 4.78 is 26.2. The third-order valence-corrected chi connectivity index (χ3v) is 7.50. The average molecular weight is 563 g/mol. The highest BCUT2D eigenvalue weighted by Gasteiger charge is 2.32. The Kier molecular flexibility index (Phi) is 11.1. The molecule has 0 saturated heterocycles. The number of unbranched alkanes of at least 4 members (excludes halogenated alkanes) is 1. The zero-order valence-electron chi connectivity index (χ0n) is 19.9. The highest BCUT2D eigenvalue weighted by atomic mass is 35.5. The molecule has 0 aromatic heterocycles. The summed E-state index contributed by atoms with van der Waals surface area (Å²) in [6.07, 6.45) is 3.04. The predicted octanol–water partition coefficient (Wildman–Crippen LogP) is 5.14. The molecule has 2 rings (SSSR count). The first kappa shape index (κ1) is 29.2. The second-order valence-electron chi connectivity index (χ2n) is 8.06. The lowest BCUT2D eigenvalue weighted by molar-refractivity contribution is -0.140. The van der Waals surface area contributed by atoms with E-state index in [2.05, 4.69) is 5.32 Å². The van der Waals surface area contributed by atoms with E-state index in [0.717, 1.165) is 29.0 Å². The summed E-state index contributed by atoms with van der Waals surface area (Å²) in [7, 11) is -3.94. The number of hydrogen-bond acceptors (Lipinski definition) is 4. The first-order valence-electron chi connectivity index (χ1n) is 11.2. The van der Waals surface area contributed by atoms with Crippen LogP contribution in [0.15, 0.2) is 42.5 Å². The topological polar surface area (TPSA) is 86.8 Å². The number of carbonyl (C=O) groups is 2. The Morgan fingerprint density at radius 1 is 1.00 bits per heavy atom. The SMILES string of the molecule is CCCCNC(=O)[C@H](CC)N(Cc1ccccc1)C(=O)CN(c1cc(Cl)c(Cl)cc1Cl)S(C)(=O)=O. The number of anilines is 1. The van der Waals surface area contributed by atoms with E-state index in [1.54, 1.807) is 6.92 Å². The lowest BCUT2D eigenvalue weighted by Gasteiger charge is -2.33. The first-order valence-corrected chi connectivity index (χ1v) is 14.2. The van der Waals surface area contributed by atoms with Gasteiger partial charge in [-0.15, -0.1) is 0 Å². The van der Waals surface area contributed by atoms with Crippen LogP contribution in [0, 0.1) is 0 Å². The third-order valence-electron chi connectivity index (χ3n) is 5.35. The van der Waals surface area contributed by atoms with Gasteiger partial charge in [0.15, 0.2) is 0 Å². The molecule has 35 heavy (non-hydrogen) atoms. The molecule has 0 bridgehead atoms. The van der Waals surface area contributed by atoms with Gasteiger partial charge < -0.3 is 10.2 Å². The lowest BCUT2D eigenvalue weighted by Crippen LogP contribution is -2.52. The van der Waals surface area contributed by atoms with Crippen LogP contribution < -0.4 is 9.62 Å². The molecule has 0 radical (unpaired) electrons. The van der Waals surface area contributed by atoms with Gasteiger partial charge in [-0.25, -0.2) is 8.42 Å². The fourth-order valence-electron chi connectivity index (χ4n) is 3.50. The van der Waals surface area contributed by atoms with E-state index in [1.807, 2.05) is 37.3 Å². The summed E-state index contributed by atoms with van der Waals surface area (Å²) in [4.78, 5) is 28.0. The van der Waals surface area contributed by atoms with Crippen molar-refractivity contribution in [1.82, 2.24) is 10.2 Å². The van der Waals surface area contributed by atoms with Crippen molar-refractivity contribution < 1.29 is 18.0 Å². The highest BCUT2D eigenvalue weighted by Crippen LogP contribution is 2.35. The molecule has 1 atom stereocenters. The molecule has 0 heterocycles. The van der Waals surface area contributed by atoms with Gasteiger partial charge in [-0.2, -0.15) is 0 Å². The second-order valence-corrected chi connectivity index (χ2v) is 11.2. The molecule has 11 heteroatoms. The molecule has 0 aliphatic heterocycles. The molecule has 0 fully saturated rings. The van der Waals surface area contributed by atoms with Crippen LogP contribution >= 0.6 is 34.8 Å². The molecule has 7 nitrogen and oxygen atoms in total. The largest absolute Gasteiger partial charge is 0.354 e. The normalized spacial score (nSPS) is 12.2. The summed E-state index contributed by atoms with van der Waals surface area (Å²) in [6.45, 7) is 3.88. The van der Waals surface area contributed by atoms with E-state index >= 15 is 0 Å². The van der Waals surface area contributed by atoms with Gasteiger partial charge in [0.05, 0.1) is 27.0 Å². The number of benzene rings is 2. The summed E-state index contributed by atoms with van der Waals surface area (Å²) in [5.41, 5.74) is 0.830. The highest BCUT2D eigenvalue weighted by molar-refractivity contribution is 7.92. The summed E-state index contributed by atoms with van der Waals surface area (Å²) in [5.74, 6) is -0.845. The smallest absolute Gasteiger partial charge is 0.244 e.